The Hall–Kier alpha value is -0.910. The number of likely N-dealkylation sites (tertiary alicyclic amines) is 1. The number of sulfone groups is 1. The number of nitrogens with two attached hydrogens (primary N) is 1. The summed E-state index contributed by atoms with van der Waals surface area (Å²) in [7, 11) is -3.10. The summed E-state index contributed by atoms with van der Waals surface area (Å²) in [6.45, 7) is 5.04. The van der Waals surface area contributed by atoms with Gasteiger partial charge in [-0.2, -0.15) is 0 Å². The Bertz CT molecular complexity index is 523. The average Bonchev–Trinajstić information content (AvgIpc) is 2.77. The SMILES string of the molecule is CC(N)C1CCN(Cc2ccc(S(C)(=O)=O)cc2)C1. The molecule has 0 radical (unpaired) electrons. The molecule has 1 aliphatic rings. The predicted molar refractivity (Wildman–Crippen MR) is 76.6 cm³/mol. The Balaban J connectivity index is 1.98. The van der Waals surface area contributed by atoms with Crippen molar-refractivity contribution < 1.29 is 8.42 Å². The first-order chi connectivity index (χ1) is 8.86. The van der Waals surface area contributed by atoms with Crippen LogP contribution in [-0.2, 0) is 16.4 Å². The number of benzene rings is 1. The Morgan fingerprint density at radius 3 is 2.47 bits per heavy atom. The van der Waals surface area contributed by atoms with Gasteiger partial charge in [0.1, 0.15) is 0 Å². The second-order valence-corrected chi connectivity index (χ2v) is 7.57. The zero-order valence-electron chi connectivity index (χ0n) is 11.5. The van der Waals surface area contributed by atoms with E-state index in [0.717, 1.165) is 31.6 Å². The molecular formula is C14H22N2O2S. The molecule has 0 bridgehead atoms. The summed E-state index contributed by atoms with van der Waals surface area (Å²) in [6.07, 6.45) is 2.38. The highest BCUT2D eigenvalue weighted by atomic mass is 32.2. The van der Waals surface area contributed by atoms with Gasteiger partial charge in [0.05, 0.1) is 4.90 Å². The van der Waals surface area contributed by atoms with Gasteiger partial charge in [-0.1, -0.05) is 12.1 Å². The van der Waals surface area contributed by atoms with Gasteiger partial charge in [0, 0.05) is 25.4 Å². The van der Waals surface area contributed by atoms with Crippen LogP contribution in [0.15, 0.2) is 29.2 Å². The van der Waals surface area contributed by atoms with E-state index in [0.29, 0.717) is 10.8 Å². The number of nitrogens with zero attached hydrogens (tertiary/aromatic N) is 1. The minimum atomic E-state index is -3.10. The molecule has 19 heavy (non-hydrogen) atoms. The van der Waals surface area contributed by atoms with E-state index in [1.807, 2.05) is 12.1 Å². The maximum atomic E-state index is 11.4. The van der Waals surface area contributed by atoms with E-state index < -0.39 is 9.84 Å². The highest BCUT2D eigenvalue weighted by Crippen LogP contribution is 2.21. The maximum Gasteiger partial charge on any atom is 0.175 e. The zero-order valence-corrected chi connectivity index (χ0v) is 12.4. The van der Waals surface area contributed by atoms with Gasteiger partial charge in [0.25, 0.3) is 0 Å². The van der Waals surface area contributed by atoms with Gasteiger partial charge in [-0.3, -0.25) is 4.90 Å². The Morgan fingerprint density at radius 2 is 2.00 bits per heavy atom. The van der Waals surface area contributed by atoms with Crippen molar-refractivity contribution in [1.29, 1.82) is 0 Å². The normalized spacial score (nSPS) is 22.6. The average molecular weight is 282 g/mol. The molecule has 1 saturated heterocycles. The van der Waals surface area contributed by atoms with Crippen LogP contribution in [0, 0.1) is 5.92 Å². The van der Waals surface area contributed by atoms with E-state index >= 15 is 0 Å². The lowest BCUT2D eigenvalue weighted by Crippen LogP contribution is -2.29. The smallest absolute Gasteiger partial charge is 0.175 e. The van der Waals surface area contributed by atoms with E-state index in [1.165, 1.54) is 6.26 Å². The number of rotatable bonds is 4. The zero-order chi connectivity index (χ0) is 14.0. The van der Waals surface area contributed by atoms with Crippen molar-refractivity contribution in [2.24, 2.45) is 11.7 Å². The van der Waals surface area contributed by atoms with Crippen molar-refractivity contribution in [3.05, 3.63) is 29.8 Å². The molecule has 1 aromatic carbocycles. The van der Waals surface area contributed by atoms with E-state index in [2.05, 4.69) is 11.8 Å². The van der Waals surface area contributed by atoms with E-state index in [9.17, 15) is 8.42 Å². The molecule has 0 spiro atoms. The van der Waals surface area contributed by atoms with Crippen molar-refractivity contribution in [2.45, 2.75) is 30.8 Å². The van der Waals surface area contributed by atoms with E-state index in [4.69, 9.17) is 5.73 Å². The van der Waals surface area contributed by atoms with Crippen molar-refractivity contribution >= 4 is 9.84 Å². The third-order valence-corrected chi connectivity index (χ3v) is 4.94. The molecule has 1 heterocycles. The molecule has 0 saturated carbocycles. The molecule has 0 aliphatic carbocycles. The van der Waals surface area contributed by atoms with Crippen LogP contribution in [0.4, 0.5) is 0 Å². The summed E-state index contributed by atoms with van der Waals surface area (Å²) in [6, 6.07) is 7.41. The van der Waals surface area contributed by atoms with Gasteiger partial charge >= 0.3 is 0 Å². The Labute approximate surface area is 115 Å². The fourth-order valence-electron chi connectivity index (χ4n) is 2.54. The molecular weight excluding hydrogens is 260 g/mol. The molecule has 2 rings (SSSR count). The molecule has 106 valence electrons. The second-order valence-electron chi connectivity index (χ2n) is 5.56. The largest absolute Gasteiger partial charge is 0.328 e. The van der Waals surface area contributed by atoms with E-state index in [-0.39, 0.29) is 6.04 Å². The third-order valence-electron chi connectivity index (χ3n) is 3.81. The van der Waals surface area contributed by atoms with Gasteiger partial charge in [0.15, 0.2) is 9.84 Å². The monoisotopic (exact) mass is 282 g/mol. The minimum Gasteiger partial charge on any atom is -0.328 e. The van der Waals surface area contributed by atoms with Crippen LogP contribution in [0.2, 0.25) is 0 Å². The summed E-state index contributed by atoms with van der Waals surface area (Å²) in [5.41, 5.74) is 7.08. The van der Waals surface area contributed by atoms with Crippen LogP contribution in [0.25, 0.3) is 0 Å². The third kappa shape index (κ3) is 3.78. The molecule has 2 N–H and O–H groups in total. The summed E-state index contributed by atoms with van der Waals surface area (Å²) in [4.78, 5) is 2.76. The molecule has 0 aromatic heterocycles. The van der Waals surface area contributed by atoms with Crippen LogP contribution in [0.1, 0.15) is 18.9 Å². The van der Waals surface area contributed by atoms with Crippen LogP contribution in [0.3, 0.4) is 0 Å². The molecule has 4 nitrogen and oxygen atoms in total. The maximum absolute atomic E-state index is 11.4. The standard InChI is InChI=1S/C14H22N2O2S/c1-11(15)13-7-8-16(10-13)9-12-3-5-14(6-4-12)19(2,17)18/h3-6,11,13H,7-10,15H2,1-2H3. The number of hydrogen-bond acceptors (Lipinski definition) is 4. The molecule has 2 atom stereocenters. The topological polar surface area (TPSA) is 63.4 Å². The minimum absolute atomic E-state index is 0.248. The lowest BCUT2D eigenvalue weighted by molar-refractivity contribution is 0.308. The second kappa shape index (κ2) is 5.61. The fraction of sp³-hybridized carbons (Fsp3) is 0.571. The van der Waals surface area contributed by atoms with Crippen LogP contribution in [-0.4, -0.2) is 38.7 Å². The van der Waals surface area contributed by atoms with Crippen molar-refractivity contribution in [1.82, 2.24) is 4.90 Å². The predicted octanol–water partition coefficient (Wildman–Crippen LogP) is 1.26. The van der Waals surface area contributed by atoms with Crippen LogP contribution >= 0.6 is 0 Å². The first-order valence-electron chi connectivity index (χ1n) is 6.63. The first-order valence-corrected chi connectivity index (χ1v) is 8.52. The highest BCUT2D eigenvalue weighted by molar-refractivity contribution is 7.90. The quantitative estimate of drug-likeness (QED) is 0.903. The first kappa shape index (κ1) is 14.5. The van der Waals surface area contributed by atoms with E-state index in [1.54, 1.807) is 12.1 Å². The summed E-state index contributed by atoms with van der Waals surface area (Å²) >= 11 is 0. The van der Waals surface area contributed by atoms with Gasteiger partial charge < -0.3 is 5.73 Å². The lowest BCUT2D eigenvalue weighted by atomic mass is 10.0. The summed E-state index contributed by atoms with van der Waals surface area (Å²) in [5, 5.41) is 0. The highest BCUT2D eigenvalue weighted by Gasteiger charge is 2.24. The van der Waals surface area contributed by atoms with Crippen molar-refractivity contribution in [2.75, 3.05) is 19.3 Å². The molecule has 1 fully saturated rings. The van der Waals surface area contributed by atoms with Crippen molar-refractivity contribution in [3.63, 3.8) is 0 Å². The van der Waals surface area contributed by atoms with Gasteiger partial charge in [-0.25, -0.2) is 8.42 Å². The Morgan fingerprint density at radius 1 is 1.37 bits per heavy atom. The van der Waals surface area contributed by atoms with Crippen LogP contribution < -0.4 is 5.73 Å². The molecule has 0 amide bonds. The van der Waals surface area contributed by atoms with Crippen LogP contribution in [0.5, 0.6) is 0 Å². The van der Waals surface area contributed by atoms with Gasteiger partial charge in [0.2, 0.25) is 0 Å². The fourth-order valence-corrected chi connectivity index (χ4v) is 3.17. The van der Waals surface area contributed by atoms with Crippen molar-refractivity contribution in [3.8, 4) is 0 Å². The molecule has 1 aliphatic heterocycles. The van der Waals surface area contributed by atoms with Gasteiger partial charge in [-0.15, -0.1) is 0 Å². The summed E-state index contributed by atoms with van der Waals surface area (Å²) < 4.78 is 22.8. The summed E-state index contributed by atoms with van der Waals surface area (Å²) in [5.74, 6) is 0.579. The molecule has 1 aromatic rings. The molecule has 5 heteroatoms. The lowest BCUT2D eigenvalue weighted by Gasteiger charge is -2.17. The van der Waals surface area contributed by atoms with Gasteiger partial charge in [-0.05, 0) is 43.5 Å². The molecule has 2 unspecified atom stereocenters. The Kier molecular flexibility index (Phi) is 4.28. The number of hydrogen-bond donors (Lipinski definition) is 1.